The van der Waals surface area contributed by atoms with E-state index < -0.39 is 0 Å². The second-order valence-electron chi connectivity index (χ2n) is 2.96. The van der Waals surface area contributed by atoms with Crippen LogP contribution in [0.15, 0.2) is 0 Å². The Kier molecular flexibility index (Phi) is 7.47. The Morgan fingerprint density at radius 1 is 1.45 bits per heavy atom. The third kappa shape index (κ3) is 6.05. The molecule has 1 N–H and O–H groups in total. The Bertz CT molecular complexity index is 87.6. The fourth-order valence-corrected chi connectivity index (χ4v) is 1.35. The van der Waals surface area contributed by atoms with Crippen LogP contribution in [0.4, 0.5) is 0 Å². The molecule has 0 bridgehead atoms. The van der Waals surface area contributed by atoms with Gasteiger partial charge >= 0.3 is 0 Å². The van der Waals surface area contributed by atoms with Crippen LogP contribution < -0.4 is 5.32 Å². The lowest BCUT2D eigenvalue weighted by molar-refractivity contribution is -0.108. The lowest BCUT2D eigenvalue weighted by atomic mass is 9.98. The maximum Gasteiger partial charge on any atom is 0.120 e. The lowest BCUT2D eigenvalue weighted by Crippen LogP contribution is -2.18. The van der Waals surface area contributed by atoms with Gasteiger partial charge in [-0.3, -0.25) is 0 Å². The van der Waals surface area contributed by atoms with Crippen LogP contribution in [0, 0.1) is 5.92 Å². The quantitative estimate of drug-likeness (QED) is 0.569. The molecule has 0 aliphatic heterocycles. The standard InChI is InChI=1S/C9H19NO/c1-3-5-9(8-10-2)6-4-7-11/h7,9-10H,3-6,8H2,1-2H3. The van der Waals surface area contributed by atoms with Crippen LogP contribution in [-0.2, 0) is 4.79 Å². The molecular weight excluding hydrogens is 138 g/mol. The van der Waals surface area contributed by atoms with Crippen molar-refractivity contribution in [2.24, 2.45) is 5.92 Å². The molecule has 0 radical (unpaired) electrons. The van der Waals surface area contributed by atoms with E-state index in [0.717, 1.165) is 19.3 Å². The van der Waals surface area contributed by atoms with Gasteiger partial charge in [-0.1, -0.05) is 13.3 Å². The van der Waals surface area contributed by atoms with Crippen LogP contribution in [-0.4, -0.2) is 19.9 Å². The van der Waals surface area contributed by atoms with E-state index in [9.17, 15) is 4.79 Å². The first kappa shape index (κ1) is 10.6. The van der Waals surface area contributed by atoms with Crippen LogP contribution in [0.3, 0.4) is 0 Å². The van der Waals surface area contributed by atoms with Crippen molar-refractivity contribution in [1.29, 1.82) is 0 Å². The number of carbonyl (C=O) groups excluding carboxylic acids is 1. The summed E-state index contributed by atoms with van der Waals surface area (Å²) in [6, 6.07) is 0. The zero-order chi connectivity index (χ0) is 8.53. The molecule has 0 amide bonds. The van der Waals surface area contributed by atoms with E-state index >= 15 is 0 Å². The van der Waals surface area contributed by atoms with Gasteiger partial charge < -0.3 is 10.1 Å². The van der Waals surface area contributed by atoms with Crippen LogP contribution in [0.25, 0.3) is 0 Å². The molecule has 0 rings (SSSR count). The maximum absolute atomic E-state index is 10.1. The van der Waals surface area contributed by atoms with Gasteiger partial charge in [-0.05, 0) is 32.4 Å². The average Bonchev–Trinajstić information content (AvgIpc) is 2.01. The van der Waals surface area contributed by atoms with Crippen LogP contribution >= 0.6 is 0 Å². The van der Waals surface area contributed by atoms with Gasteiger partial charge in [0.15, 0.2) is 0 Å². The van der Waals surface area contributed by atoms with Crippen molar-refractivity contribution in [2.45, 2.75) is 32.6 Å². The monoisotopic (exact) mass is 157 g/mol. The van der Waals surface area contributed by atoms with Gasteiger partial charge in [-0.25, -0.2) is 0 Å². The van der Waals surface area contributed by atoms with Crippen molar-refractivity contribution in [3.8, 4) is 0 Å². The number of aldehydes is 1. The lowest BCUT2D eigenvalue weighted by Gasteiger charge is -2.13. The Balaban J connectivity index is 3.41. The van der Waals surface area contributed by atoms with Gasteiger partial charge in [0.05, 0.1) is 0 Å². The van der Waals surface area contributed by atoms with E-state index in [0.29, 0.717) is 12.3 Å². The summed E-state index contributed by atoms with van der Waals surface area (Å²) in [5, 5.41) is 3.15. The molecule has 0 aromatic carbocycles. The molecule has 11 heavy (non-hydrogen) atoms. The minimum absolute atomic E-state index is 0.690. The van der Waals surface area contributed by atoms with E-state index in [4.69, 9.17) is 0 Å². The van der Waals surface area contributed by atoms with Gasteiger partial charge in [-0.15, -0.1) is 0 Å². The third-order valence-electron chi connectivity index (χ3n) is 1.88. The van der Waals surface area contributed by atoms with Crippen molar-refractivity contribution < 1.29 is 4.79 Å². The highest BCUT2D eigenvalue weighted by Crippen LogP contribution is 2.10. The fourth-order valence-electron chi connectivity index (χ4n) is 1.35. The van der Waals surface area contributed by atoms with Crippen LogP contribution in [0.1, 0.15) is 32.6 Å². The molecule has 1 atom stereocenters. The summed E-state index contributed by atoms with van der Waals surface area (Å²) < 4.78 is 0. The molecule has 0 saturated carbocycles. The highest BCUT2D eigenvalue weighted by Gasteiger charge is 2.04. The number of rotatable bonds is 7. The van der Waals surface area contributed by atoms with E-state index in [1.165, 1.54) is 12.8 Å². The van der Waals surface area contributed by atoms with Gasteiger partial charge in [0, 0.05) is 6.42 Å². The second-order valence-corrected chi connectivity index (χ2v) is 2.96. The Morgan fingerprint density at radius 2 is 2.18 bits per heavy atom. The van der Waals surface area contributed by atoms with Crippen molar-refractivity contribution in [2.75, 3.05) is 13.6 Å². The fraction of sp³-hybridized carbons (Fsp3) is 0.889. The number of nitrogens with one attached hydrogen (secondary N) is 1. The minimum Gasteiger partial charge on any atom is -0.319 e. The summed E-state index contributed by atoms with van der Waals surface area (Å²) in [7, 11) is 1.96. The predicted octanol–water partition coefficient (Wildman–Crippen LogP) is 1.60. The Hall–Kier alpha value is -0.370. The second kappa shape index (κ2) is 7.73. The predicted molar refractivity (Wildman–Crippen MR) is 47.6 cm³/mol. The molecule has 0 saturated heterocycles. The summed E-state index contributed by atoms with van der Waals surface area (Å²) >= 11 is 0. The first-order valence-corrected chi connectivity index (χ1v) is 4.43. The Labute approximate surface area is 69.4 Å². The number of hydrogen-bond acceptors (Lipinski definition) is 2. The summed E-state index contributed by atoms with van der Waals surface area (Å²) in [6.45, 7) is 3.23. The highest BCUT2D eigenvalue weighted by molar-refractivity contribution is 5.49. The molecule has 0 spiro atoms. The molecular formula is C9H19NO. The van der Waals surface area contributed by atoms with Gasteiger partial charge in [0.25, 0.3) is 0 Å². The van der Waals surface area contributed by atoms with Crippen molar-refractivity contribution in [1.82, 2.24) is 5.32 Å². The zero-order valence-corrected chi connectivity index (χ0v) is 7.60. The summed E-state index contributed by atoms with van der Waals surface area (Å²) in [6.07, 6.45) is 5.21. The summed E-state index contributed by atoms with van der Waals surface area (Å²) in [4.78, 5) is 10.1. The molecule has 0 aliphatic carbocycles. The first-order valence-electron chi connectivity index (χ1n) is 4.43. The molecule has 0 aromatic rings. The Morgan fingerprint density at radius 3 is 2.64 bits per heavy atom. The molecule has 2 heteroatoms. The van der Waals surface area contributed by atoms with E-state index in [-0.39, 0.29) is 0 Å². The molecule has 2 nitrogen and oxygen atoms in total. The molecule has 1 unspecified atom stereocenters. The van der Waals surface area contributed by atoms with Crippen molar-refractivity contribution in [3.05, 3.63) is 0 Å². The van der Waals surface area contributed by atoms with Crippen molar-refractivity contribution >= 4 is 6.29 Å². The smallest absolute Gasteiger partial charge is 0.120 e. The summed E-state index contributed by atoms with van der Waals surface area (Å²) in [5.74, 6) is 0.690. The normalized spacial score (nSPS) is 12.9. The topological polar surface area (TPSA) is 29.1 Å². The number of hydrogen-bond donors (Lipinski definition) is 1. The SMILES string of the molecule is CCCC(CCC=O)CNC. The third-order valence-corrected chi connectivity index (χ3v) is 1.88. The average molecular weight is 157 g/mol. The van der Waals surface area contributed by atoms with Gasteiger partial charge in [0.2, 0.25) is 0 Å². The molecule has 0 fully saturated rings. The van der Waals surface area contributed by atoms with E-state index in [1.807, 2.05) is 7.05 Å². The van der Waals surface area contributed by atoms with Crippen LogP contribution in [0.5, 0.6) is 0 Å². The first-order chi connectivity index (χ1) is 5.35. The summed E-state index contributed by atoms with van der Waals surface area (Å²) in [5.41, 5.74) is 0. The van der Waals surface area contributed by atoms with Crippen LogP contribution in [0.2, 0.25) is 0 Å². The van der Waals surface area contributed by atoms with Gasteiger partial charge in [-0.2, -0.15) is 0 Å². The molecule has 0 aromatic heterocycles. The maximum atomic E-state index is 10.1. The number of carbonyl (C=O) groups is 1. The van der Waals surface area contributed by atoms with Gasteiger partial charge in [0.1, 0.15) is 6.29 Å². The van der Waals surface area contributed by atoms with E-state index in [1.54, 1.807) is 0 Å². The largest absolute Gasteiger partial charge is 0.319 e. The zero-order valence-electron chi connectivity index (χ0n) is 7.60. The van der Waals surface area contributed by atoms with E-state index in [2.05, 4.69) is 12.2 Å². The van der Waals surface area contributed by atoms with Crippen molar-refractivity contribution in [3.63, 3.8) is 0 Å². The molecule has 0 heterocycles. The minimum atomic E-state index is 0.690. The molecule has 0 aliphatic rings. The highest BCUT2D eigenvalue weighted by atomic mass is 16.1. The molecule has 66 valence electrons.